The molecule has 5 nitrogen and oxygen atoms in total. The number of carbonyl (C=O) groups is 2. The second kappa shape index (κ2) is 10.4. The van der Waals surface area contributed by atoms with Gasteiger partial charge in [-0.15, -0.1) is 0 Å². The monoisotopic (exact) mass is 489 g/mol. The Kier molecular flexibility index (Phi) is 7.62. The van der Waals surface area contributed by atoms with Crippen molar-refractivity contribution in [1.29, 1.82) is 0 Å². The Morgan fingerprint density at radius 3 is 2.36 bits per heavy atom. The highest BCUT2D eigenvalue weighted by molar-refractivity contribution is 14.1. The van der Waals surface area contributed by atoms with Gasteiger partial charge in [0.1, 0.15) is 0 Å². The van der Waals surface area contributed by atoms with E-state index in [1.54, 1.807) is 6.07 Å². The Balaban J connectivity index is 1.39. The van der Waals surface area contributed by atoms with Crippen LogP contribution >= 0.6 is 22.6 Å². The second-order valence-corrected chi connectivity index (χ2v) is 7.82. The number of nitrogens with one attached hydrogen (secondary N) is 1. The molecule has 1 heterocycles. The maximum Gasteiger partial charge on any atom is 0.252 e. The normalized spacial score (nSPS) is 15.0. The predicted octanol–water partition coefficient (Wildman–Crippen LogP) is 2.88. The molecule has 2 amide bonds. The molecule has 0 unspecified atom stereocenters. The van der Waals surface area contributed by atoms with Crippen LogP contribution < -0.4 is 5.32 Å². The standard InChI is InChI=1S/C22H24IN3O2/c23-20-11-5-4-10-19(20)22(28)24-17-21(27)26-15-13-25(14-16-26)12-6-9-18-7-2-1-3-8-18/h1-11H,12-17H2,(H,24,28)/b9-6+. The van der Waals surface area contributed by atoms with Crippen LogP contribution in [0, 0.1) is 3.57 Å². The van der Waals surface area contributed by atoms with Crippen molar-refractivity contribution in [3.63, 3.8) is 0 Å². The van der Waals surface area contributed by atoms with Gasteiger partial charge >= 0.3 is 0 Å². The zero-order chi connectivity index (χ0) is 19.8. The summed E-state index contributed by atoms with van der Waals surface area (Å²) in [5.74, 6) is -0.234. The number of piperazine rings is 1. The number of rotatable bonds is 6. The van der Waals surface area contributed by atoms with E-state index < -0.39 is 0 Å². The lowest BCUT2D eigenvalue weighted by atomic mass is 10.2. The fourth-order valence-electron chi connectivity index (χ4n) is 3.09. The van der Waals surface area contributed by atoms with Crippen LogP contribution in [0.25, 0.3) is 6.08 Å². The summed E-state index contributed by atoms with van der Waals surface area (Å²) in [7, 11) is 0. The fourth-order valence-corrected chi connectivity index (χ4v) is 3.72. The molecule has 3 rings (SSSR count). The Labute approximate surface area is 179 Å². The van der Waals surface area contributed by atoms with Gasteiger partial charge in [0.15, 0.2) is 0 Å². The maximum absolute atomic E-state index is 12.4. The second-order valence-electron chi connectivity index (χ2n) is 6.66. The molecule has 0 radical (unpaired) electrons. The first kappa shape index (κ1) is 20.5. The van der Waals surface area contributed by atoms with E-state index in [2.05, 4.69) is 57.1 Å². The maximum atomic E-state index is 12.4. The van der Waals surface area contributed by atoms with Crippen molar-refractivity contribution < 1.29 is 9.59 Å². The van der Waals surface area contributed by atoms with Crippen LogP contribution in [0.2, 0.25) is 0 Å². The van der Waals surface area contributed by atoms with Crippen LogP contribution in [0.15, 0.2) is 60.7 Å². The summed E-state index contributed by atoms with van der Waals surface area (Å²) in [6, 6.07) is 17.6. The molecule has 28 heavy (non-hydrogen) atoms. The van der Waals surface area contributed by atoms with E-state index in [1.165, 1.54) is 5.56 Å². The number of halogens is 1. The third kappa shape index (κ3) is 5.90. The molecular weight excluding hydrogens is 465 g/mol. The minimum Gasteiger partial charge on any atom is -0.343 e. The van der Waals surface area contributed by atoms with Crippen molar-refractivity contribution >= 4 is 40.5 Å². The first-order chi connectivity index (χ1) is 13.6. The van der Waals surface area contributed by atoms with Gasteiger partial charge in [-0.05, 0) is 40.3 Å². The first-order valence-electron chi connectivity index (χ1n) is 9.38. The van der Waals surface area contributed by atoms with Gasteiger partial charge in [0.05, 0.1) is 12.1 Å². The summed E-state index contributed by atoms with van der Waals surface area (Å²) >= 11 is 2.13. The number of hydrogen-bond donors (Lipinski definition) is 1. The third-order valence-corrected chi connectivity index (χ3v) is 5.66. The zero-order valence-corrected chi connectivity index (χ0v) is 17.8. The number of nitrogens with zero attached hydrogens (tertiary/aromatic N) is 2. The van der Waals surface area contributed by atoms with Crippen LogP contribution in [0.1, 0.15) is 15.9 Å². The largest absolute Gasteiger partial charge is 0.343 e. The average molecular weight is 489 g/mol. The van der Waals surface area contributed by atoms with Crippen LogP contribution in [0.4, 0.5) is 0 Å². The van der Waals surface area contributed by atoms with E-state index in [9.17, 15) is 9.59 Å². The molecule has 1 N–H and O–H groups in total. The van der Waals surface area contributed by atoms with Crippen molar-refractivity contribution in [3.8, 4) is 0 Å². The molecule has 0 aliphatic carbocycles. The van der Waals surface area contributed by atoms with E-state index in [4.69, 9.17) is 0 Å². The summed E-state index contributed by atoms with van der Waals surface area (Å²) in [6.45, 7) is 3.98. The molecule has 2 aromatic carbocycles. The van der Waals surface area contributed by atoms with Crippen molar-refractivity contribution in [1.82, 2.24) is 15.1 Å². The minimum atomic E-state index is -0.206. The highest BCUT2D eigenvalue weighted by atomic mass is 127. The summed E-state index contributed by atoms with van der Waals surface area (Å²) in [4.78, 5) is 28.8. The zero-order valence-electron chi connectivity index (χ0n) is 15.7. The molecule has 0 saturated carbocycles. The number of carbonyl (C=O) groups excluding carboxylic acids is 2. The smallest absolute Gasteiger partial charge is 0.252 e. The van der Waals surface area contributed by atoms with Crippen LogP contribution in [0.3, 0.4) is 0 Å². The molecule has 6 heteroatoms. The van der Waals surface area contributed by atoms with Gasteiger partial charge < -0.3 is 10.2 Å². The Bertz CT molecular complexity index is 831. The molecule has 1 aliphatic heterocycles. The highest BCUT2D eigenvalue weighted by Crippen LogP contribution is 2.11. The topological polar surface area (TPSA) is 52.7 Å². The van der Waals surface area contributed by atoms with Gasteiger partial charge in [0, 0.05) is 36.3 Å². The molecule has 0 bridgehead atoms. The quantitative estimate of drug-likeness (QED) is 0.636. The predicted molar refractivity (Wildman–Crippen MR) is 120 cm³/mol. The summed E-state index contributed by atoms with van der Waals surface area (Å²) in [5, 5.41) is 2.74. The highest BCUT2D eigenvalue weighted by Gasteiger charge is 2.21. The summed E-state index contributed by atoms with van der Waals surface area (Å²) in [5.41, 5.74) is 1.80. The molecule has 1 saturated heterocycles. The van der Waals surface area contributed by atoms with E-state index >= 15 is 0 Å². The number of benzene rings is 2. The average Bonchev–Trinajstić information content (AvgIpc) is 2.73. The Hall–Kier alpha value is -2.19. The minimum absolute atomic E-state index is 0.0289. The van der Waals surface area contributed by atoms with Gasteiger partial charge in [-0.1, -0.05) is 54.6 Å². The number of amides is 2. The van der Waals surface area contributed by atoms with Crippen molar-refractivity contribution in [2.75, 3.05) is 39.3 Å². The van der Waals surface area contributed by atoms with E-state index in [-0.39, 0.29) is 18.4 Å². The van der Waals surface area contributed by atoms with Crippen LogP contribution in [-0.4, -0.2) is 60.9 Å². The van der Waals surface area contributed by atoms with E-state index in [0.29, 0.717) is 18.7 Å². The van der Waals surface area contributed by atoms with Gasteiger partial charge in [-0.3, -0.25) is 14.5 Å². The fraction of sp³-hybridized carbons (Fsp3) is 0.273. The molecule has 146 valence electrons. The van der Waals surface area contributed by atoms with Crippen LogP contribution in [0.5, 0.6) is 0 Å². The lowest BCUT2D eigenvalue weighted by Gasteiger charge is -2.34. The lowest BCUT2D eigenvalue weighted by Crippen LogP contribution is -2.51. The molecular formula is C22H24IN3O2. The van der Waals surface area contributed by atoms with Crippen LogP contribution in [-0.2, 0) is 4.79 Å². The first-order valence-corrected chi connectivity index (χ1v) is 10.5. The van der Waals surface area contributed by atoms with Crippen molar-refractivity contribution in [2.24, 2.45) is 0 Å². The molecule has 0 atom stereocenters. The van der Waals surface area contributed by atoms with Gasteiger partial charge in [0.2, 0.25) is 5.91 Å². The SMILES string of the molecule is O=C(NCC(=O)N1CCN(C/C=C/c2ccccc2)CC1)c1ccccc1I. The summed E-state index contributed by atoms with van der Waals surface area (Å²) in [6.07, 6.45) is 4.28. The molecule has 1 aliphatic rings. The molecule has 2 aromatic rings. The van der Waals surface area contributed by atoms with Crippen molar-refractivity contribution in [3.05, 3.63) is 75.4 Å². The number of hydrogen-bond acceptors (Lipinski definition) is 3. The Morgan fingerprint density at radius 1 is 0.964 bits per heavy atom. The Morgan fingerprint density at radius 2 is 1.64 bits per heavy atom. The molecule has 0 aromatic heterocycles. The molecule has 1 fully saturated rings. The van der Waals surface area contributed by atoms with Gasteiger partial charge in [-0.2, -0.15) is 0 Å². The van der Waals surface area contributed by atoms with Gasteiger partial charge in [-0.25, -0.2) is 0 Å². The van der Waals surface area contributed by atoms with Crippen molar-refractivity contribution in [2.45, 2.75) is 0 Å². The summed E-state index contributed by atoms with van der Waals surface area (Å²) < 4.78 is 0.877. The third-order valence-electron chi connectivity index (χ3n) is 4.72. The van der Waals surface area contributed by atoms with E-state index in [1.807, 2.05) is 41.3 Å². The lowest BCUT2D eigenvalue weighted by molar-refractivity contribution is -0.131. The molecule has 0 spiro atoms. The van der Waals surface area contributed by atoms with Gasteiger partial charge in [0.25, 0.3) is 5.91 Å². The van der Waals surface area contributed by atoms with E-state index in [0.717, 1.165) is 23.2 Å².